The first-order valence-corrected chi connectivity index (χ1v) is 9.51. The molecule has 0 aliphatic carbocycles. The third-order valence-electron chi connectivity index (χ3n) is 3.98. The highest BCUT2D eigenvalue weighted by Crippen LogP contribution is 2.10. The van der Waals surface area contributed by atoms with E-state index in [0.717, 1.165) is 38.5 Å². The van der Waals surface area contributed by atoms with Crippen LogP contribution in [0.2, 0.25) is 0 Å². The maximum Gasteiger partial charge on any atom is 0.313 e. The highest BCUT2D eigenvalue weighted by molar-refractivity contribution is 5.85. The van der Waals surface area contributed by atoms with E-state index in [1.165, 1.54) is 25.7 Å². The Kier molecular flexibility index (Phi) is 15.5. The second-order valence-corrected chi connectivity index (χ2v) is 6.38. The Morgan fingerprint density at radius 2 is 1.00 bits per heavy atom. The summed E-state index contributed by atoms with van der Waals surface area (Å²) < 4.78 is 4.80. The van der Waals surface area contributed by atoms with Gasteiger partial charge in [-0.2, -0.15) is 0 Å². The molecule has 0 radical (unpaired) electrons. The first-order valence-electron chi connectivity index (χ1n) is 9.51. The molecule has 0 unspecified atom stereocenters. The van der Waals surface area contributed by atoms with Gasteiger partial charge in [-0.25, -0.2) is 0 Å². The number of esters is 2. The third kappa shape index (κ3) is 17.0. The van der Waals surface area contributed by atoms with Crippen LogP contribution in [-0.4, -0.2) is 23.0 Å². The fourth-order valence-electron chi connectivity index (χ4n) is 2.53. The van der Waals surface area contributed by atoms with Crippen LogP contribution in [0.4, 0.5) is 0 Å². The summed E-state index contributed by atoms with van der Waals surface area (Å²) >= 11 is 0. The molecule has 0 rings (SSSR count). The van der Waals surface area contributed by atoms with Gasteiger partial charge in [0.25, 0.3) is 0 Å². The van der Waals surface area contributed by atoms with Gasteiger partial charge in [0.15, 0.2) is 0 Å². The lowest BCUT2D eigenvalue weighted by atomic mass is 10.1. The van der Waals surface area contributed by atoms with Crippen LogP contribution in [0.3, 0.4) is 0 Å². The van der Waals surface area contributed by atoms with Gasteiger partial charge in [-0.15, -0.1) is 0 Å². The van der Waals surface area contributed by atoms with Crippen LogP contribution in [-0.2, 0) is 19.1 Å². The van der Waals surface area contributed by atoms with Gasteiger partial charge in [-0.1, -0.05) is 64.7 Å². The fraction of sp³-hybridized carbons (Fsp3) is 0.842. The average molecular weight is 342 g/mol. The minimum atomic E-state index is -0.766. The van der Waals surface area contributed by atoms with Crippen LogP contribution in [0, 0.1) is 0 Å². The molecule has 0 fully saturated rings. The maximum atomic E-state index is 11.5. The van der Waals surface area contributed by atoms with Crippen molar-refractivity contribution in [3.05, 3.63) is 0 Å². The summed E-state index contributed by atoms with van der Waals surface area (Å²) in [4.78, 5) is 33.4. The number of rotatable bonds is 16. The van der Waals surface area contributed by atoms with E-state index in [1.807, 2.05) is 0 Å². The number of hydrogen-bond acceptors (Lipinski definition) is 4. The molecule has 0 saturated carbocycles. The van der Waals surface area contributed by atoms with Crippen LogP contribution in [0.15, 0.2) is 0 Å². The van der Waals surface area contributed by atoms with Gasteiger partial charge in [0, 0.05) is 19.3 Å². The lowest BCUT2D eigenvalue weighted by Crippen LogP contribution is -2.11. The van der Waals surface area contributed by atoms with Crippen molar-refractivity contribution >= 4 is 17.9 Å². The molecule has 0 amide bonds. The van der Waals surface area contributed by atoms with Gasteiger partial charge < -0.3 is 9.84 Å². The molecular formula is C19H34O5. The van der Waals surface area contributed by atoms with Crippen molar-refractivity contribution in [2.24, 2.45) is 0 Å². The number of aliphatic carboxylic acids is 1. The number of carboxylic acid groups (broad SMARTS) is 1. The number of carbonyl (C=O) groups is 3. The Bertz CT molecular complexity index is 352. The monoisotopic (exact) mass is 342 g/mol. The molecule has 24 heavy (non-hydrogen) atoms. The van der Waals surface area contributed by atoms with Crippen molar-refractivity contribution in [1.29, 1.82) is 0 Å². The predicted octanol–water partition coefficient (Wildman–Crippen LogP) is 5.01. The summed E-state index contributed by atoms with van der Waals surface area (Å²) in [5.41, 5.74) is 0. The number of carbonyl (C=O) groups excluding carboxylic acids is 2. The summed E-state index contributed by atoms with van der Waals surface area (Å²) in [6.07, 6.45) is 12.7. The van der Waals surface area contributed by atoms with E-state index in [9.17, 15) is 14.4 Å². The number of hydrogen-bond donors (Lipinski definition) is 1. The molecule has 0 aromatic carbocycles. The number of ether oxygens (including phenoxy) is 1. The van der Waals surface area contributed by atoms with Crippen LogP contribution in [0.1, 0.15) is 103 Å². The van der Waals surface area contributed by atoms with Crippen LogP contribution < -0.4 is 0 Å². The Morgan fingerprint density at radius 1 is 0.625 bits per heavy atom. The normalized spacial score (nSPS) is 10.5. The maximum absolute atomic E-state index is 11.5. The first-order chi connectivity index (χ1) is 11.6. The number of carboxylic acids is 1. The molecule has 5 heteroatoms. The molecule has 140 valence electrons. The zero-order chi connectivity index (χ0) is 18.0. The molecule has 1 N–H and O–H groups in total. The Hall–Kier alpha value is -1.39. The Morgan fingerprint density at radius 3 is 1.42 bits per heavy atom. The molecular weight excluding hydrogens is 308 g/mol. The average Bonchev–Trinajstić information content (AvgIpc) is 2.52. The van der Waals surface area contributed by atoms with Crippen molar-refractivity contribution in [1.82, 2.24) is 0 Å². The Balaban J connectivity index is 3.39. The molecule has 0 spiro atoms. The smallest absolute Gasteiger partial charge is 0.313 e. The number of unbranched alkanes of at least 4 members (excludes halogenated alkanes) is 10. The summed E-state index contributed by atoms with van der Waals surface area (Å²) in [6, 6.07) is 0. The van der Waals surface area contributed by atoms with Crippen molar-refractivity contribution in [3.8, 4) is 0 Å². The Labute approximate surface area is 146 Å². The summed E-state index contributed by atoms with van der Waals surface area (Å²) in [7, 11) is 0. The predicted molar refractivity (Wildman–Crippen MR) is 93.7 cm³/mol. The minimum Gasteiger partial charge on any atom is -0.481 e. The van der Waals surface area contributed by atoms with E-state index in [-0.39, 0.29) is 12.8 Å². The molecule has 0 saturated heterocycles. The van der Waals surface area contributed by atoms with E-state index in [2.05, 4.69) is 6.92 Å². The quantitative estimate of drug-likeness (QED) is 0.242. The molecule has 5 nitrogen and oxygen atoms in total. The van der Waals surface area contributed by atoms with Crippen molar-refractivity contribution in [2.45, 2.75) is 103 Å². The lowest BCUT2D eigenvalue weighted by Gasteiger charge is -2.04. The van der Waals surface area contributed by atoms with Crippen molar-refractivity contribution < 1.29 is 24.2 Å². The molecule has 0 bridgehead atoms. The lowest BCUT2D eigenvalue weighted by molar-refractivity contribution is -0.159. The largest absolute Gasteiger partial charge is 0.481 e. The van der Waals surface area contributed by atoms with E-state index in [4.69, 9.17) is 9.84 Å². The molecule has 0 aliphatic heterocycles. The summed E-state index contributed by atoms with van der Waals surface area (Å²) in [6.45, 7) is 2.19. The van der Waals surface area contributed by atoms with Gasteiger partial charge in [-0.05, 0) is 19.3 Å². The van der Waals surface area contributed by atoms with Crippen LogP contribution in [0.25, 0.3) is 0 Å². The van der Waals surface area contributed by atoms with Crippen molar-refractivity contribution in [3.63, 3.8) is 0 Å². The van der Waals surface area contributed by atoms with Gasteiger partial charge in [0.2, 0.25) is 0 Å². The summed E-state index contributed by atoms with van der Waals surface area (Å²) in [5, 5.41) is 8.51. The zero-order valence-electron chi connectivity index (χ0n) is 15.2. The molecule has 0 atom stereocenters. The van der Waals surface area contributed by atoms with Gasteiger partial charge in [-0.3, -0.25) is 14.4 Å². The van der Waals surface area contributed by atoms with Crippen LogP contribution >= 0.6 is 0 Å². The second kappa shape index (κ2) is 16.5. The van der Waals surface area contributed by atoms with E-state index < -0.39 is 17.9 Å². The molecule has 0 aromatic heterocycles. The van der Waals surface area contributed by atoms with E-state index >= 15 is 0 Å². The molecule has 0 aromatic rings. The van der Waals surface area contributed by atoms with E-state index in [0.29, 0.717) is 19.3 Å². The summed E-state index contributed by atoms with van der Waals surface area (Å²) in [5.74, 6) is -1.61. The second-order valence-electron chi connectivity index (χ2n) is 6.38. The molecule has 0 aliphatic rings. The molecule has 0 heterocycles. The van der Waals surface area contributed by atoms with E-state index in [1.54, 1.807) is 0 Å². The van der Waals surface area contributed by atoms with Gasteiger partial charge in [0.1, 0.15) is 0 Å². The zero-order valence-corrected chi connectivity index (χ0v) is 15.2. The minimum absolute atomic E-state index is 0.204. The topological polar surface area (TPSA) is 80.7 Å². The SMILES string of the molecule is CCCCCCCCCC(=O)OC(=O)CCCCCCCC(=O)O. The first kappa shape index (κ1) is 22.6. The van der Waals surface area contributed by atoms with Gasteiger partial charge >= 0.3 is 17.9 Å². The van der Waals surface area contributed by atoms with Crippen molar-refractivity contribution in [2.75, 3.05) is 0 Å². The highest BCUT2D eigenvalue weighted by Gasteiger charge is 2.09. The fourth-order valence-corrected chi connectivity index (χ4v) is 2.53. The third-order valence-corrected chi connectivity index (χ3v) is 3.98. The van der Waals surface area contributed by atoms with Gasteiger partial charge in [0.05, 0.1) is 0 Å². The standard InChI is InChI=1S/C19H34O5/c1-2-3-4-5-6-9-12-15-18(22)24-19(23)16-13-10-7-8-11-14-17(20)21/h2-16H2,1H3,(H,20,21). The highest BCUT2D eigenvalue weighted by atomic mass is 16.6. The van der Waals surface area contributed by atoms with Crippen LogP contribution in [0.5, 0.6) is 0 Å².